The summed E-state index contributed by atoms with van der Waals surface area (Å²) in [6.07, 6.45) is 1.16. The van der Waals surface area contributed by atoms with Gasteiger partial charge in [-0.15, -0.1) is 0 Å². The van der Waals surface area contributed by atoms with E-state index in [1.54, 1.807) is 6.92 Å². The summed E-state index contributed by atoms with van der Waals surface area (Å²) in [6, 6.07) is 24.6. The summed E-state index contributed by atoms with van der Waals surface area (Å²) in [5.41, 5.74) is 5.60. The molecule has 5 rings (SSSR count). The second-order valence-corrected chi connectivity index (χ2v) is 10.9. The van der Waals surface area contributed by atoms with Crippen molar-refractivity contribution >= 4 is 18.0 Å². The summed E-state index contributed by atoms with van der Waals surface area (Å²) in [7, 11) is 0. The molecule has 0 radical (unpaired) electrons. The molecule has 0 aromatic heterocycles. The van der Waals surface area contributed by atoms with E-state index in [9.17, 15) is 19.5 Å². The Labute approximate surface area is 240 Å². The number of ether oxygens (including phenoxy) is 2. The average Bonchev–Trinajstić information content (AvgIpc) is 3.55. The first-order valence-electron chi connectivity index (χ1n) is 14.2. The number of rotatable bonds is 11. The molecule has 1 saturated carbocycles. The average molecular weight is 557 g/mol. The van der Waals surface area contributed by atoms with Crippen molar-refractivity contribution in [2.24, 2.45) is 5.92 Å². The van der Waals surface area contributed by atoms with Gasteiger partial charge in [-0.3, -0.25) is 4.79 Å². The van der Waals surface area contributed by atoms with Gasteiger partial charge in [-0.05, 0) is 59.9 Å². The maximum Gasteiger partial charge on any atom is 0.407 e. The van der Waals surface area contributed by atoms with Gasteiger partial charge in [0.1, 0.15) is 6.61 Å². The van der Waals surface area contributed by atoms with Gasteiger partial charge in [-0.2, -0.15) is 0 Å². The molecule has 0 saturated heterocycles. The lowest BCUT2D eigenvalue weighted by Crippen LogP contribution is -2.48. The smallest absolute Gasteiger partial charge is 0.407 e. The zero-order valence-corrected chi connectivity index (χ0v) is 23.1. The number of aliphatic carboxylic acids is 1. The van der Waals surface area contributed by atoms with Crippen molar-refractivity contribution in [3.8, 4) is 11.1 Å². The number of hydrogen-bond acceptors (Lipinski definition) is 5. The zero-order valence-electron chi connectivity index (χ0n) is 23.1. The van der Waals surface area contributed by atoms with Gasteiger partial charge in [0.15, 0.2) is 6.04 Å². The molecule has 4 atom stereocenters. The number of hydrogen-bond donors (Lipinski definition) is 3. The molecule has 2 amide bonds. The molecular weight excluding hydrogens is 520 g/mol. The minimum atomic E-state index is -1.15. The molecule has 8 nitrogen and oxygen atoms in total. The van der Waals surface area contributed by atoms with Crippen molar-refractivity contribution in [3.05, 3.63) is 95.6 Å². The zero-order chi connectivity index (χ0) is 28.8. The SMILES string of the molecule is CC(OCc1ccccc1)C(NC(=O)C[C@@H]1CC[C@H](NC(=O)OCC2c3ccccc3-c3ccccc32)C1)C(=O)O. The van der Waals surface area contributed by atoms with Crippen molar-refractivity contribution in [2.45, 2.75) is 63.3 Å². The summed E-state index contributed by atoms with van der Waals surface area (Å²) in [5, 5.41) is 15.3. The number of benzene rings is 3. The van der Waals surface area contributed by atoms with E-state index < -0.39 is 24.2 Å². The van der Waals surface area contributed by atoms with Crippen LogP contribution in [-0.4, -0.2) is 47.9 Å². The first-order valence-corrected chi connectivity index (χ1v) is 14.2. The Bertz CT molecular complexity index is 1330. The topological polar surface area (TPSA) is 114 Å². The third kappa shape index (κ3) is 6.95. The maximum absolute atomic E-state index is 12.7. The van der Waals surface area contributed by atoms with Crippen molar-refractivity contribution in [1.82, 2.24) is 10.6 Å². The molecule has 2 aliphatic rings. The van der Waals surface area contributed by atoms with Gasteiger partial charge in [0.25, 0.3) is 0 Å². The highest BCUT2D eigenvalue weighted by atomic mass is 16.5. The molecule has 2 aliphatic carbocycles. The van der Waals surface area contributed by atoms with Crippen molar-refractivity contribution < 1.29 is 29.0 Å². The predicted octanol–water partition coefficient (Wildman–Crippen LogP) is 5.26. The van der Waals surface area contributed by atoms with Crippen LogP contribution in [0.4, 0.5) is 4.79 Å². The molecule has 0 spiro atoms. The van der Waals surface area contributed by atoms with E-state index in [-0.39, 0.29) is 43.4 Å². The lowest BCUT2D eigenvalue weighted by molar-refractivity contribution is -0.146. The van der Waals surface area contributed by atoms with Gasteiger partial charge < -0.3 is 25.2 Å². The first kappa shape index (κ1) is 28.4. The van der Waals surface area contributed by atoms with Crippen LogP contribution in [0.1, 0.15) is 55.2 Å². The van der Waals surface area contributed by atoms with Crippen LogP contribution < -0.4 is 10.6 Å². The first-order chi connectivity index (χ1) is 19.9. The molecule has 214 valence electrons. The lowest BCUT2D eigenvalue weighted by atomic mass is 9.98. The van der Waals surface area contributed by atoms with E-state index in [1.807, 2.05) is 54.6 Å². The summed E-state index contributed by atoms with van der Waals surface area (Å²) in [4.78, 5) is 37.2. The minimum absolute atomic E-state index is 0.00517. The lowest BCUT2D eigenvalue weighted by Gasteiger charge is -2.22. The van der Waals surface area contributed by atoms with E-state index in [1.165, 1.54) is 11.1 Å². The van der Waals surface area contributed by atoms with E-state index in [2.05, 4.69) is 34.9 Å². The molecule has 3 N–H and O–H groups in total. The fourth-order valence-corrected chi connectivity index (χ4v) is 5.97. The van der Waals surface area contributed by atoms with E-state index >= 15 is 0 Å². The second-order valence-electron chi connectivity index (χ2n) is 10.9. The van der Waals surface area contributed by atoms with Crippen molar-refractivity contribution in [2.75, 3.05) is 6.61 Å². The Morgan fingerprint density at radius 2 is 1.54 bits per heavy atom. The third-order valence-corrected chi connectivity index (χ3v) is 8.09. The number of nitrogens with one attached hydrogen (secondary N) is 2. The number of carbonyl (C=O) groups excluding carboxylic acids is 2. The largest absolute Gasteiger partial charge is 0.480 e. The molecule has 1 fully saturated rings. The quantitative estimate of drug-likeness (QED) is 0.297. The van der Waals surface area contributed by atoms with Gasteiger partial charge in [-0.1, -0.05) is 78.9 Å². The van der Waals surface area contributed by atoms with Crippen LogP contribution in [0.2, 0.25) is 0 Å². The fraction of sp³-hybridized carbons (Fsp3) is 0.364. The molecule has 2 unspecified atom stereocenters. The van der Waals surface area contributed by atoms with Gasteiger partial charge in [0, 0.05) is 18.4 Å². The predicted molar refractivity (Wildman–Crippen MR) is 154 cm³/mol. The highest BCUT2D eigenvalue weighted by molar-refractivity contribution is 5.84. The summed E-state index contributed by atoms with van der Waals surface area (Å²) < 4.78 is 11.4. The highest BCUT2D eigenvalue weighted by Crippen LogP contribution is 2.44. The van der Waals surface area contributed by atoms with E-state index in [4.69, 9.17) is 9.47 Å². The Morgan fingerprint density at radius 1 is 0.902 bits per heavy atom. The molecule has 0 bridgehead atoms. The molecule has 3 aromatic rings. The van der Waals surface area contributed by atoms with Crippen LogP contribution in [0.25, 0.3) is 11.1 Å². The third-order valence-electron chi connectivity index (χ3n) is 8.09. The normalized spacial score (nSPS) is 19.0. The number of alkyl carbamates (subject to hydrolysis) is 1. The summed E-state index contributed by atoms with van der Waals surface area (Å²) in [6.45, 7) is 2.15. The molecule has 8 heteroatoms. The van der Waals surface area contributed by atoms with Crippen LogP contribution in [0.15, 0.2) is 78.9 Å². The van der Waals surface area contributed by atoms with Crippen molar-refractivity contribution in [3.63, 3.8) is 0 Å². The maximum atomic E-state index is 12.7. The summed E-state index contributed by atoms with van der Waals surface area (Å²) in [5.74, 6) is -1.43. The van der Waals surface area contributed by atoms with E-state index in [0.29, 0.717) is 6.42 Å². The molecule has 0 aliphatic heterocycles. The van der Waals surface area contributed by atoms with Crippen molar-refractivity contribution in [1.29, 1.82) is 0 Å². The van der Waals surface area contributed by atoms with Gasteiger partial charge in [0.2, 0.25) is 5.91 Å². The van der Waals surface area contributed by atoms with Gasteiger partial charge in [-0.25, -0.2) is 9.59 Å². The van der Waals surface area contributed by atoms with Crippen LogP contribution >= 0.6 is 0 Å². The number of carboxylic acids is 1. The Balaban J connectivity index is 1.06. The molecule has 41 heavy (non-hydrogen) atoms. The highest BCUT2D eigenvalue weighted by Gasteiger charge is 2.33. The van der Waals surface area contributed by atoms with Crippen LogP contribution in [0.5, 0.6) is 0 Å². The number of carbonyl (C=O) groups is 3. The summed E-state index contributed by atoms with van der Waals surface area (Å²) >= 11 is 0. The molecule has 3 aromatic carbocycles. The monoisotopic (exact) mass is 556 g/mol. The molecule has 0 heterocycles. The molecular formula is C33H36N2O6. The minimum Gasteiger partial charge on any atom is -0.480 e. The van der Waals surface area contributed by atoms with Crippen LogP contribution in [-0.2, 0) is 25.7 Å². The Hall–Kier alpha value is -4.17. The van der Waals surface area contributed by atoms with E-state index in [0.717, 1.165) is 29.5 Å². The van der Waals surface area contributed by atoms with Crippen LogP contribution in [0.3, 0.4) is 0 Å². The Kier molecular flexibility index (Phi) is 8.99. The Morgan fingerprint density at radius 3 is 2.20 bits per heavy atom. The number of carboxylic acid groups (broad SMARTS) is 1. The number of amides is 2. The second kappa shape index (κ2) is 13.0. The number of fused-ring (bicyclic) bond motifs is 3. The fourth-order valence-electron chi connectivity index (χ4n) is 5.97. The standard InChI is InChI=1S/C33H36N2O6/c1-21(40-19-22-9-3-2-4-10-22)31(32(37)38)35-30(36)18-23-15-16-24(17-23)34-33(39)41-20-29-27-13-7-5-11-25(27)26-12-6-8-14-28(26)29/h2-14,21,23-24,29,31H,15-20H2,1H3,(H,34,39)(H,35,36)(H,37,38)/t21?,23-,24+,31?/m1/s1. The van der Waals surface area contributed by atoms with Crippen LogP contribution in [0, 0.1) is 5.92 Å². The van der Waals surface area contributed by atoms with Gasteiger partial charge >= 0.3 is 12.1 Å². The van der Waals surface area contributed by atoms with Gasteiger partial charge in [0.05, 0.1) is 12.7 Å².